The van der Waals surface area contributed by atoms with Crippen LogP contribution in [0.5, 0.6) is 0 Å². The summed E-state index contributed by atoms with van der Waals surface area (Å²) in [6.45, 7) is 3.81. The van der Waals surface area contributed by atoms with Gasteiger partial charge >= 0.3 is 0 Å². The zero-order chi connectivity index (χ0) is 14.1. The third kappa shape index (κ3) is 6.33. The molecule has 1 amide bonds. The maximum absolute atomic E-state index is 10.9. The summed E-state index contributed by atoms with van der Waals surface area (Å²) in [6, 6.07) is 7.63. The number of carbonyl (C=O) groups is 1. The van der Waals surface area contributed by atoms with E-state index in [1.807, 2.05) is 24.3 Å². The van der Waals surface area contributed by atoms with Gasteiger partial charge in [-0.25, -0.2) is 0 Å². The number of carbonyl (C=O) groups excluding carboxylic acids is 1. The normalized spacial score (nSPS) is 10.7. The first-order valence-electron chi connectivity index (χ1n) is 6.46. The number of hydrogen-bond donors (Lipinski definition) is 3. The standard InChI is InChI=1S/C14H22N2O3/c1-12(19)15-14-5-3-13(4-6-14)11-16(8-10-18)7-2-9-17/h3-6,17-18H,2,7-11H2,1H3,(H,15,19). The van der Waals surface area contributed by atoms with E-state index < -0.39 is 0 Å². The van der Waals surface area contributed by atoms with E-state index >= 15 is 0 Å². The van der Waals surface area contributed by atoms with Gasteiger partial charge in [-0.05, 0) is 24.1 Å². The van der Waals surface area contributed by atoms with Crippen molar-refractivity contribution in [3.63, 3.8) is 0 Å². The molecule has 5 heteroatoms. The average molecular weight is 266 g/mol. The highest BCUT2D eigenvalue weighted by Crippen LogP contribution is 2.11. The van der Waals surface area contributed by atoms with Crippen LogP contribution in [0.1, 0.15) is 18.9 Å². The number of rotatable bonds is 8. The van der Waals surface area contributed by atoms with Gasteiger partial charge in [0.2, 0.25) is 5.91 Å². The first-order valence-corrected chi connectivity index (χ1v) is 6.46. The molecule has 0 bridgehead atoms. The van der Waals surface area contributed by atoms with Crippen molar-refractivity contribution in [2.75, 3.05) is 31.6 Å². The van der Waals surface area contributed by atoms with E-state index in [9.17, 15) is 4.79 Å². The van der Waals surface area contributed by atoms with Crippen LogP contribution in [0.4, 0.5) is 5.69 Å². The minimum absolute atomic E-state index is 0.0856. The highest BCUT2D eigenvalue weighted by molar-refractivity contribution is 5.88. The van der Waals surface area contributed by atoms with Gasteiger partial charge in [-0.3, -0.25) is 9.69 Å². The van der Waals surface area contributed by atoms with Gasteiger partial charge in [-0.1, -0.05) is 12.1 Å². The monoisotopic (exact) mass is 266 g/mol. The molecule has 0 aliphatic rings. The SMILES string of the molecule is CC(=O)Nc1ccc(CN(CCO)CCCO)cc1. The molecule has 0 aliphatic heterocycles. The van der Waals surface area contributed by atoms with E-state index in [1.165, 1.54) is 6.92 Å². The Bertz CT molecular complexity index is 379. The molecule has 0 heterocycles. The second kappa shape index (κ2) is 8.63. The largest absolute Gasteiger partial charge is 0.396 e. The first-order chi connectivity index (χ1) is 9.15. The Morgan fingerprint density at radius 1 is 1.16 bits per heavy atom. The van der Waals surface area contributed by atoms with Crippen LogP contribution in [0.25, 0.3) is 0 Å². The summed E-state index contributed by atoms with van der Waals surface area (Å²) in [6.07, 6.45) is 0.698. The molecule has 0 aromatic heterocycles. The van der Waals surface area contributed by atoms with Gasteiger partial charge in [0, 0.05) is 38.9 Å². The molecular weight excluding hydrogens is 244 g/mol. The highest BCUT2D eigenvalue weighted by Gasteiger charge is 2.05. The fourth-order valence-corrected chi connectivity index (χ4v) is 1.86. The van der Waals surface area contributed by atoms with Crippen LogP contribution in [0.15, 0.2) is 24.3 Å². The Balaban J connectivity index is 2.55. The number of nitrogens with one attached hydrogen (secondary N) is 1. The number of aliphatic hydroxyl groups is 2. The van der Waals surface area contributed by atoms with Crippen molar-refractivity contribution in [2.24, 2.45) is 0 Å². The van der Waals surface area contributed by atoms with Crippen molar-refractivity contribution in [3.05, 3.63) is 29.8 Å². The zero-order valence-electron chi connectivity index (χ0n) is 11.3. The second-order valence-corrected chi connectivity index (χ2v) is 4.46. The van der Waals surface area contributed by atoms with Crippen LogP contribution in [0.3, 0.4) is 0 Å². The lowest BCUT2D eigenvalue weighted by Gasteiger charge is -2.21. The second-order valence-electron chi connectivity index (χ2n) is 4.46. The summed E-state index contributed by atoms with van der Waals surface area (Å²) in [7, 11) is 0. The lowest BCUT2D eigenvalue weighted by molar-refractivity contribution is -0.114. The third-order valence-electron chi connectivity index (χ3n) is 2.73. The van der Waals surface area contributed by atoms with Crippen LogP contribution >= 0.6 is 0 Å². The molecule has 3 N–H and O–H groups in total. The molecule has 5 nitrogen and oxygen atoms in total. The van der Waals surface area contributed by atoms with E-state index in [4.69, 9.17) is 10.2 Å². The molecule has 0 saturated heterocycles. The molecular formula is C14H22N2O3. The number of anilines is 1. The van der Waals surface area contributed by atoms with Gasteiger partial charge < -0.3 is 15.5 Å². The molecule has 0 aliphatic carbocycles. The molecule has 19 heavy (non-hydrogen) atoms. The van der Waals surface area contributed by atoms with E-state index in [-0.39, 0.29) is 19.1 Å². The van der Waals surface area contributed by atoms with Crippen LogP contribution in [-0.4, -0.2) is 47.3 Å². The van der Waals surface area contributed by atoms with Crippen molar-refractivity contribution >= 4 is 11.6 Å². The Hall–Kier alpha value is -1.43. The average Bonchev–Trinajstić information content (AvgIpc) is 2.38. The molecule has 106 valence electrons. The smallest absolute Gasteiger partial charge is 0.221 e. The summed E-state index contributed by atoms with van der Waals surface area (Å²) in [5.41, 5.74) is 1.89. The minimum Gasteiger partial charge on any atom is -0.396 e. The van der Waals surface area contributed by atoms with E-state index in [2.05, 4.69) is 10.2 Å². The van der Waals surface area contributed by atoms with Gasteiger partial charge in [0.15, 0.2) is 0 Å². The van der Waals surface area contributed by atoms with Crippen molar-refractivity contribution in [2.45, 2.75) is 19.9 Å². The minimum atomic E-state index is -0.0856. The van der Waals surface area contributed by atoms with E-state index in [1.54, 1.807) is 0 Å². The Labute approximate surface area is 113 Å². The lowest BCUT2D eigenvalue weighted by Crippen LogP contribution is -2.28. The Morgan fingerprint density at radius 2 is 1.84 bits per heavy atom. The summed E-state index contributed by atoms with van der Waals surface area (Å²) >= 11 is 0. The summed E-state index contributed by atoms with van der Waals surface area (Å²) in [5, 5.41) is 20.6. The molecule has 0 radical (unpaired) electrons. The molecule has 0 unspecified atom stereocenters. The molecule has 1 aromatic carbocycles. The number of nitrogens with zero attached hydrogens (tertiary/aromatic N) is 1. The predicted molar refractivity (Wildman–Crippen MR) is 74.8 cm³/mol. The van der Waals surface area contributed by atoms with Crippen LogP contribution in [0, 0.1) is 0 Å². The molecule has 0 atom stereocenters. The Kier molecular flexibility index (Phi) is 7.10. The number of hydrogen-bond acceptors (Lipinski definition) is 4. The molecule has 0 saturated carbocycles. The number of aliphatic hydroxyl groups excluding tert-OH is 2. The quantitative estimate of drug-likeness (QED) is 0.651. The van der Waals surface area contributed by atoms with Gasteiger partial charge in [-0.15, -0.1) is 0 Å². The highest BCUT2D eigenvalue weighted by atomic mass is 16.3. The van der Waals surface area contributed by atoms with Crippen molar-refractivity contribution in [3.8, 4) is 0 Å². The lowest BCUT2D eigenvalue weighted by atomic mass is 10.2. The van der Waals surface area contributed by atoms with Crippen LogP contribution < -0.4 is 5.32 Å². The maximum atomic E-state index is 10.9. The Morgan fingerprint density at radius 3 is 2.37 bits per heavy atom. The zero-order valence-corrected chi connectivity index (χ0v) is 11.3. The van der Waals surface area contributed by atoms with Crippen LogP contribution in [-0.2, 0) is 11.3 Å². The van der Waals surface area contributed by atoms with Crippen molar-refractivity contribution in [1.29, 1.82) is 0 Å². The van der Waals surface area contributed by atoms with Crippen molar-refractivity contribution < 1.29 is 15.0 Å². The summed E-state index contributed by atoms with van der Waals surface area (Å²) < 4.78 is 0. The fraction of sp³-hybridized carbons (Fsp3) is 0.500. The molecule has 1 aromatic rings. The third-order valence-corrected chi connectivity index (χ3v) is 2.73. The first kappa shape index (κ1) is 15.6. The number of amides is 1. The fourth-order valence-electron chi connectivity index (χ4n) is 1.86. The molecule has 1 rings (SSSR count). The summed E-state index contributed by atoms with van der Waals surface area (Å²) in [5.74, 6) is -0.0856. The van der Waals surface area contributed by atoms with Gasteiger partial charge in [0.25, 0.3) is 0 Å². The number of benzene rings is 1. The molecule has 0 spiro atoms. The van der Waals surface area contributed by atoms with E-state index in [0.29, 0.717) is 13.0 Å². The topological polar surface area (TPSA) is 72.8 Å². The predicted octanol–water partition coefficient (Wildman–Crippen LogP) is 0.822. The van der Waals surface area contributed by atoms with Gasteiger partial charge in [0.05, 0.1) is 6.61 Å². The van der Waals surface area contributed by atoms with Gasteiger partial charge in [0.1, 0.15) is 0 Å². The van der Waals surface area contributed by atoms with Crippen molar-refractivity contribution in [1.82, 2.24) is 4.90 Å². The van der Waals surface area contributed by atoms with Crippen LogP contribution in [0.2, 0.25) is 0 Å². The summed E-state index contributed by atoms with van der Waals surface area (Å²) in [4.78, 5) is 13.0. The van der Waals surface area contributed by atoms with E-state index in [0.717, 1.165) is 24.3 Å². The maximum Gasteiger partial charge on any atom is 0.221 e. The molecule has 0 fully saturated rings. The van der Waals surface area contributed by atoms with Gasteiger partial charge in [-0.2, -0.15) is 0 Å².